The predicted molar refractivity (Wildman–Crippen MR) is 77.2 cm³/mol. The Morgan fingerprint density at radius 3 is 2.95 bits per heavy atom. The number of hydrogen-bond donors (Lipinski definition) is 0. The molecule has 0 N–H and O–H groups in total. The Balaban J connectivity index is 1.66. The fourth-order valence-corrected chi connectivity index (χ4v) is 3.92. The van der Waals surface area contributed by atoms with E-state index in [0.717, 1.165) is 57.6 Å². The Kier molecular flexibility index (Phi) is 3.83. The molecule has 0 saturated carbocycles. The van der Waals surface area contributed by atoms with E-state index in [1.807, 2.05) is 12.1 Å². The summed E-state index contributed by atoms with van der Waals surface area (Å²) in [5.41, 5.74) is 0.143. The minimum atomic E-state index is 0.143. The molecule has 1 amide bonds. The number of carbonyl (C=O) groups excluding carboxylic acids is 1. The lowest BCUT2D eigenvalue weighted by Crippen LogP contribution is -2.46. The number of rotatable bonds is 3. The van der Waals surface area contributed by atoms with Gasteiger partial charge in [-0.15, -0.1) is 0 Å². The molecule has 0 radical (unpaired) electrons. The van der Waals surface area contributed by atoms with E-state index in [0.29, 0.717) is 5.91 Å². The summed E-state index contributed by atoms with van der Waals surface area (Å²) in [4.78, 5) is 16.6. The molecule has 1 atom stereocenters. The summed E-state index contributed by atoms with van der Waals surface area (Å²) in [6.07, 6.45) is 6.96. The Bertz CT molecular complexity index is 457. The lowest BCUT2D eigenvalue weighted by atomic mass is 9.88. The molecule has 2 saturated heterocycles. The van der Waals surface area contributed by atoms with E-state index >= 15 is 0 Å². The van der Waals surface area contributed by atoms with Gasteiger partial charge < -0.3 is 9.32 Å². The van der Waals surface area contributed by atoms with Crippen molar-refractivity contribution in [3.63, 3.8) is 0 Å². The van der Waals surface area contributed by atoms with Gasteiger partial charge in [0.05, 0.1) is 12.8 Å². The highest BCUT2D eigenvalue weighted by Gasteiger charge is 2.44. The maximum atomic E-state index is 12.0. The molecule has 20 heavy (non-hydrogen) atoms. The second-order valence-corrected chi connectivity index (χ2v) is 6.07. The van der Waals surface area contributed by atoms with Gasteiger partial charge in [-0.05, 0) is 51.3 Å². The average molecular weight is 276 g/mol. The van der Waals surface area contributed by atoms with Crippen molar-refractivity contribution in [2.75, 3.05) is 19.6 Å². The molecular formula is C16H24N2O2. The van der Waals surface area contributed by atoms with Crippen LogP contribution < -0.4 is 0 Å². The zero-order valence-electron chi connectivity index (χ0n) is 12.3. The largest absolute Gasteiger partial charge is 0.468 e. The van der Waals surface area contributed by atoms with Crippen molar-refractivity contribution in [1.29, 1.82) is 0 Å². The van der Waals surface area contributed by atoms with Gasteiger partial charge in [-0.25, -0.2) is 0 Å². The van der Waals surface area contributed by atoms with Crippen LogP contribution >= 0.6 is 0 Å². The number of carbonyl (C=O) groups is 1. The normalized spacial score (nSPS) is 28.2. The molecule has 0 unspecified atom stereocenters. The minimum Gasteiger partial charge on any atom is -0.468 e. The molecule has 4 nitrogen and oxygen atoms in total. The molecule has 2 aliphatic heterocycles. The fourth-order valence-electron chi connectivity index (χ4n) is 3.92. The minimum absolute atomic E-state index is 0.143. The van der Waals surface area contributed by atoms with E-state index in [1.54, 1.807) is 6.26 Å². The monoisotopic (exact) mass is 276 g/mol. The zero-order valence-corrected chi connectivity index (χ0v) is 12.3. The van der Waals surface area contributed by atoms with Crippen molar-refractivity contribution in [3.8, 4) is 0 Å². The summed E-state index contributed by atoms with van der Waals surface area (Å²) in [5, 5.41) is 0. The van der Waals surface area contributed by atoms with Crippen LogP contribution in [0.2, 0.25) is 0 Å². The van der Waals surface area contributed by atoms with Crippen molar-refractivity contribution < 1.29 is 9.21 Å². The second-order valence-electron chi connectivity index (χ2n) is 6.07. The summed E-state index contributed by atoms with van der Waals surface area (Å²) in [5.74, 6) is 1.39. The predicted octanol–water partition coefficient (Wildman–Crippen LogP) is 2.65. The van der Waals surface area contributed by atoms with Gasteiger partial charge in [0.2, 0.25) is 5.91 Å². The van der Waals surface area contributed by atoms with Crippen LogP contribution in [0.25, 0.3) is 0 Å². The van der Waals surface area contributed by atoms with Crippen LogP contribution in [-0.4, -0.2) is 40.9 Å². The summed E-state index contributed by atoms with van der Waals surface area (Å²) < 4.78 is 5.45. The lowest BCUT2D eigenvalue weighted by Gasteiger charge is -2.37. The van der Waals surface area contributed by atoms with E-state index in [4.69, 9.17) is 4.42 Å². The van der Waals surface area contributed by atoms with Crippen molar-refractivity contribution in [2.45, 2.75) is 51.1 Å². The SMILES string of the molecule is CCN1C(=O)CC[C@]12CCCN(Cc1ccco1)CC2. The second kappa shape index (κ2) is 5.60. The quantitative estimate of drug-likeness (QED) is 0.851. The molecule has 1 spiro atoms. The lowest BCUT2D eigenvalue weighted by molar-refractivity contribution is -0.131. The number of amides is 1. The van der Waals surface area contributed by atoms with E-state index < -0.39 is 0 Å². The van der Waals surface area contributed by atoms with Gasteiger partial charge in [0.25, 0.3) is 0 Å². The van der Waals surface area contributed by atoms with Crippen molar-refractivity contribution >= 4 is 5.91 Å². The van der Waals surface area contributed by atoms with Crippen LogP contribution in [0, 0.1) is 0 Å². The molecular weight excluding hydrogens is 252 g/mol. The van der Waals surface area contributed by atoms with Gasteiger partial charge in [0, 0.05) is 25.0 Å². The van der Waals surface area contributed by atoms with Crippen LogP contribution in [0.4, 0.5) is 0 Å². The van der Waals surface area contributed by atoms with Crippen LogP contribution in [-0.2, 0) is 11.3 Å². The molecule has 3 rings (SSSR count). The molecule has 0 aliphatic carbocycles. The first-order chi connectivity index (χ1) is 9.73. The first-order valence-corrected chi connectivity index (χ1v) is 7.79. The zero-order chi connectivity index (χ0) is 14.0. The molecule has 1 aromatic heterocycles. The standard InChI is InChI=1S/C16H24N2O2/c1-2-18-15(19)6-8-16(18)7-4-10-17(11-9-16)13-14-5-3-12-20-14/h3,5,12H,2,4,6-11,13H2,1H3/t16-/m0/s1. The summed E-state index contributed by atoms with van der Waals surface area (Å²) in [6, 6.07) is 3.99. The van der Waals surface area contributed by atoms with Gasteiger partial charge in [-0.3, -0.25) is 9.69 Å². The Labute approximate surface area is 120 Å². The van der Waals surface area contributed by atoms with Gasteiger partial charge in [0.15, 0.2) is 0 Å². The fraction of sp³-hybridized carbons (Fsp3) is 0.688. The van der Waals surface area contributed by atoms with Crippen molar-refractivity contribution in [1.82, 2.24) is 9.80 Å². The number of furan rings is 1. The van der Waals surface area contributed by atoms with Gasteiger partial charge in [-0.1, -0.05) is 0 Å². The highest BCUT2D eigenvalue weighted by Crippen LogP contribution is 2.39. The Morgan fingerprint density at radius 1 is 1.30 bits per heavy atom. The van der Waals surface area contributed by atoms with Gasteiger partial charge >= 0.3 is 0 Å². The third-order valence-corrected chi connectivity index (χ3v) is 4.96. The molecule has 1 aromatic rings. The summed E-state index contributed by atoms with van der Waals surface area (Å²) >= 11 is 0. The molecule has 2 aliphatic rings. The van der Waals surface area contributed by atoms with Crippen molar-refractivity contribution in [2.24, 2.45) is 0 Å². The van der Waals surface area contributed by atoms with E-state index in [9.17, 15) is 4.79 Å². The van der Waals surface area contributed by atoms with E-state index in [1.165, 1.54) is 6.42 Å². The van der Waals surface area contributed by atoms with Crippen LogP contribution in [0.5, 0.6) is 0 Å². The Morgan fingerprint density at radius 2 is 2.20 bits per heavy atom. The molecule has 0 bridgehead atoms. The number of nitrogens with zero attached hydrogens (tertiary/aromatic N) is 2. The van der Waals surface area contributed by atoms with Crippen LogP contribution in [0.3, 0.4) is 0 Å². The molecule has 2 fully saturated rings. The van der Waals surface area contributed by atoms with Crippen LogP contribution in [0.15, 0.2) is 22.8 Å². The van der Waals surface area contributed by atoms with Gasteiger partial charge in [0.1, 0.15) is 5.76 Å². The summed E-state index contributed by atoms with van der Waals surface area (Å²) in [7, 11) is 0. The number of likely N-dealkylation sites (tertiary alicyclic amines) is 2. The Hall–Kier alpha value is -1.29. The third-order valence-electron chi connectivity index (χ3n) is 4.96. The topological polar surface area (TPSA) is 36.7 Å². The highest BCUT2D eigenvalue weighted by atomic mass is 16.3. The third kappa shape index (κ3) is 2.49. The first-order valence-electron chi connectivity index (χ1n) is 7.79. The van der Waals surface area contributed by atoms with E-state index in [-0.39, 0.29) is 5.54 Å². The molecule has 0 aromatic carbocycles. The maximum Gasteiger partial charge on any atom is 0.223 e. The van der Waals surface area contributed by atoms with Crippen molar-refractivity contribution in [3.05, 3.63) is 24.2 Å². The summed E-state index contributed by atoms with van der Waals surface area (Å²) in [6.45, 7) is 6.02. The average Bonchev–Trinajstić information content (AvgIpc) is 2.99. The highest BCUT2D eigenvalue weighted by molar-refractivity contribution is 5.79. The number of hydrogen-bond acceptors (Lipinski definition) is 3. The smallest absolute Gasteiger partial charge is 0.223 e. The van der Waals surface area contributed by atoms with Gasteiger partial charge in [-0.2, -0.15) is 0 Å². The molecule has 3 heterocycles. The molecule has 4 heteroatoms. The van der Waals surface area contributed by atoms with E-state index in [2.05, 4.69) is 16.7 Å². The first kappa shape index (κ1) is 13.7. The maximum absolute atomic E-state index is 12.0. The molecule has 110 valence electrons. The van der Waals surface area contributed by atoms with Crippen LogP contribution in [0.1, 0.15) is 44.8 Å².